The van der Waals surface area contributed by atoms with E-state index in [2.05, 4.69) is 4.98 Å². The molecular weight excluding hydrogens is 241 g/mol. The average Bonchev–Trinajstić information content (AvgIpc) is 2.25. The summed E-state index contributed by atoms with van der Waals surface area (Å²) in [6, 6.07) is 2.31. The lowest BCUT2D eigenvalue weighted by Gasteiger charge is -2.24. The predicted molar refractivity (Wildman–Crippen MR) is 57.8 cm³/mol. The van der Waals surface area contributed by atoms with Crippen LogP contribution in [0.1, 0.15) is 12.5 Å². The highest BCUT2D eigenvalue weighted by Crippen LogP contribution is 2.34. The van der Waals surface area contributed by atoms with Crippen molar-refractivity contribution in [3.05, 3.63) is 23.9 Å². The van der Waals surface area contributed by atoms with Gasteiger partial charge in [0, 0.05) is 25.2 Å². The standard InChI is InChI=1S/C10H12ClF3N2/c1-2-16(7-5-11)9-8(10(12,13)14)4-3-6-15-9/h3-4,6H,2,5,7H2,1H3. The molecule has 0 aliphatic rings. The van der Waals surface area contributed by atoms with Gasteiger partial charge in [-0.2, -0.15) is 13.2 Å². The van der Waals surface area contributed by atoms with Gasteiger partial charge in [-0.15, -0.1) is 11.6 Å². The van der Waals surface area contributed by atoms with Gasteiger partial charge in [-0.25, -0.2) is 4.98 Å². The van der Waals surface area contributed by atoms with E-state index in [4.69, 9.17) is 11.6 Å². The zero-order valence-electron chi connectivity index (χ0n) is 8.76. The third-order valence-corrected chi connectivity index (χ3v) is 2.30. The van der Waals surface area contributed by atoms with Crippen LogP contribution in [0.15, 0.2) is 18.3 Å². The molecule has 0 aliphatic carbocycles. The zero-order valence-corrected chi connectivity index (χ0v) is 9.52. The molecule has 0 spiro atoms. The summed E-state index contributed by atoms with van der Waals surface area (Å²) in [6.07, 6.45) is -3.04. The average molecular weight is 253 g/mol. The van der Waals surface area contributed by atoms with Gasteiger partial charge in [0.15, 0.2) is 0 Å². The van der Waals surface area contributed by atoms with Crippen molar-refractivity contribution < 1.29 is 13.2 Å². The lowest BCUT2D eigenvalue weighted by atomic mass is 10.2. The number of hydrogen-bond donors (Lipinski definition) is 0. The fraction of sp³-hybridized carbons (Fsp3) is 0.500. The lowest BCUT2D eigenvalue weighted by molar-refractivity contribution is -0.137. The third-order valence-electron chi connectivity index (χ3n) is 2.13. The van der Waals surface area contributed by atoms with Crippen LogP contribution in [0, 0.1) is 0 Å². The minimum absolute atomic E-state index is 0.0573. The van der Waals surface area contributed by atoms with E-state index in [0.717, 1.165) is 6.07 Å². The maximum atomic E-state index is 12.7. The summed E-state index contributed by atoms with van der Waals surface area (Å²) in [6.45, 7) is 2.55. The Hall–Kier alpha value is -0.970. The van der Waals surface area contributed by atoms with E-state index >= 15 is 0 Å². The van der Waals surface area contributed by atoms with E-state index in [-0.39, 0.29) is 11.7 Å². The molecule has 0 saturated carbocycles. The topological polar surface area (TPSA) is 16.1 Å². The number of nitrogens with zero attached hydrogens (tertiary/aromatic N) is 2. The molecule has 0 bridgehead atoms. The highest BCUT2D eigenvalue weighted by atomic mass is 35.5. The number of halogens is 4. The molecule has 1 aromatic heterocycles. The first-order valence-corrected chi connectivity index (χ1v) is 5.37. The summed E-state index contributed by atoms with van der Waals surface area (Å²) in [5.41, 5.74) is -0.720. The molecule has 0 radical (unpaired) electrons. The van der Waals surface area contributed by atoms with Crippen molar-refractivity contribution in [1.82, 2.24) is 4.98 Å². The van der Waals surface area contributed by atoms with E-state index < -0.39 is 11.7 Å². The van der Waals surface area contributed by atoms with Crippen LogP contribution in [0.2, 0.25) is 0 Å². The van der Waals surface area contributed by atoms with Gasteiger partial charge >= 0.3 is 6.18 Å². The second kappa shape index (κ2) is 5.39. The van der Waals surface area contributed by atoms with Crippen molar-refractivity contribution in [3.63, 3.8) is 0 Å². The van der Waals surface area contributed by atoms with Gasteiger partial charge in [0.25, 0.3) is 0 Å². The largest absolute Gasteiger partial charge is 0.419 e. The highest BCUT2D eigenvalue weighted by molar-refractivity contribution is 6.18. The van der Waals surface area contributed by atoms with Crippen LogP contribution in [0.5, 0.6) is 0 Å². The number of anilines is 1. The first-order chi connectivity index (χ1) is 7.50. The second-order valence-electron chi connectivity index (χ2n) is 3.14. The maximum absolute atomic E-state index is 12.7. The Kier molecular flexibility index (Phi) is 4.41. The van der Waals surface area contributed by atoms with E-state index in [1.807, 2.05) is 0 Å². The summed E-state index contributed by atoms with van der Waals surface area (Å²) < 4.78 is 38.1. The number of alkyl halides is 4. The van der Waals surface area contributed by atoms with Gasteiger partial charge in [0.2, 0.25) is 0 Å². The fourth-order valence-corrected chi connectivity index (χ4v) is 1.59. The van der Waals surface area contributed by atoms with Gasteiger partial charge in [-0.05, 0) is 19.1 Å². The van der Waals surface area contributed by atoms with Crippen LogP contribution < -0.4 is 4.90 Å². The van der Waals surface area contributed by atoms with Crippen LogP contribution in [0.4, 0.5) is 19.0 Å². The van der Waals surface area contributed by atoms with Crippen LogP contribution >= 0.6 is 11.6 Å². The third kappa shape index (κ3) is 3.01. The molecule has 6 heteroatoms. The molecule has 0 amide bonds. The molecule has 0 aromatic carbocycles. The molecule has 0 unspecified atom stereocenters. The fourth-order valence-electron chi connectivity index (χ4n) is 1.39. The number of aromatic nitrogens is 1. The summed E-state index contributed by atoms with van der Waals surface area (Å²) >= 11 is 5.54. The number of hydrogen-bond acceptors (Lipinski definition) is 2. The number of rotatable bonds is 4. The molecule has 16 heavy (non-hydrogen) atoms. The summed E-state index contributed by atoms with van der Waals surface area (Å²) in [5, 5.41) is 0. The molecule has 0 atom stereocenters. The van der Waals surface area contributed by atoms with Crippen LogP contribution in [0.3, 0.4) is 0 Å². The first-order valence-electron chi connectivity index (χ1n) is 4.83. The van der Waals surface area contributed by atoms with Crippen LogP contribution in [-0.2, 0) is 6.18 Å². The molecule has 2 nitrogen and oxygen atoms in total. The molecule has 1 rings (SSSR count). The van der Waals surface area contributed by atoms with Gasteiger partial charge in [0.05, 0.1) is 5.56 Å². The van der Waals surface area contributed by atoms with Crippen molar-refractivity contribution >= 4 is 17.4 Å². The molecule has 0 saturated heterocycles. The normalized spacial score (nSPS) is 11.6. The minimum atomic E-state index is -4.39. The highest BCUT2D eigenvalue weighted by Gasteiger charge is 2.35. The summed E-state index contributed by atoms with van der Waals surface area (Å²) in [7, 11) is 0. The van der Waals surface area contributed by atoms with E-state index in [1.54, 1.807) is 6.92 Å². The molecule has 0 N–H and O–H groups in total. The first kappa shape index (κ1) is 13.1. The zero-order chi connectivity index (χ0) is 12.2. The molecule has 0 aliphatic heterocycles. The minimum Gasteiger partial charge on any atom is -0.355 e. The van der Waals surface area contributed by atoms with Crippen LogP contribution in [0.25, 0.3) is 0 Å². The van der Waals surface area contributed by atoms with Gasteiger partial charge < -0.3 is 4.90 Å². The molecule has 1 heterocycles. The van der Waals surface area contributed by atoms with Crippen molar-refractivity contribution in [2.45, 2.75) is 13.1 Å². The van der Waals surface area contributed by atoms with Crippen molar-refractivity contribution in [2.24, 2.45) is 0 Å². The Labute approximate surface area is 97.0 Å². The Morgan fingerprint density at radius 1 is 1.44 bits per heavy atom. The Morgan fingerprint density at radius 2 is 2.12 bits per heavy atom. The molecular formula is C10H12ClF3N2. The second-order valence-corrected chi connectivity index (χ2v) is 3.52. The van der Waals surface area contributed by atoms with Gasteiger partial charge in [-0.1, -0.05) is 0 Å². The van der Waals surface area contributed by atoms with Gasteiger partial charge in [-0.3, -0.25) is 0 Å². The van der Waals surface area contributed by atoms with E-state index in [0.29, 0.717) is 13.1 Å². The van der Waals surface area contributed by atoms with Crippen LogP contribution in [-0.4, -0.2) is 24.0 Å². The SMILES string of the molecule is CCN(CCCl)c1ncccc1C(F)(F)F. The Bertz CT molecular complexity index is 341. The van der Waals surface area contributed by atoms with E-state index in [1.165, 1.54) is 17.2 Å². The smallest absolute Gasteiger partial charge is 0.355 e. The molecule has 1 aromatic rings. The summed E-state index contributed by atoms with van der Waals surface area (Å²) in [4.78, 5) is 5.29. The van der Waals surface area contributed by atoms with Crippen molar-refractivity contribution in [3.8, 4) is 0 Å². The monoisotopic (exact) mass is 252 g/mol. The van der Waals surface area contributed by atoms with Gasteiger partial charge in [0.1, 0.15) is 5.82 Å². The predicted octanol–water partition coefficient (Wildman–Crippen LogP) is 3.17. The van der Waals surface area contributed by atoms with E-state index in [9.17, 15) is 13.2 Å². The Balaban J connectivity index is 3.11. The van der Waals surface area contributed by atoms with Crippen molar-refractivity contribution in [2.75, 3.05) is 23.9 Å². The number of pyridine rings is 1. The molecule has 90 valence electrons. The lowest BCUT2D eigenvalue weighted by Crippen LogP contribution is -2.28. The maximum Gasteiger partial charge on any atom is 0.419 e. The molecule has 0 fully saturated rings. The Morgan fingerprint density at radius 3 is 2.62 bits per heavy atom. The quantitative estimate of drug-likeness (QED) is 0.766. The van der Waals surface area contributed by atoms with Crippen molar-refractivity contribution in [1.29, 1.82) is 0 Å². The summed E-state index contributed by atoms with van der Waals surface area (Å²) in [5.74, 6) is 0.208.